The Morgan fingerprint density at radius 1 is 0.816 bits per heavy atom. The molecule has 2 aliphatic rings. The van der Waals surface area contributed by atoms with Crippen molar-refractivity contribution < 1.29 is 14.4 Å². The van der Waals surface area contributed by atoms with Crippen LogP contribution in [0.1, 0.15) is 68.9 Å². The number of carbonyl (C=O) groups is 3. The summed E-state index contributed by atoms with van der Waals surface area (Å²) in [6.45, 7) is 1.93. The predicted octanol–water partition coefficient (Wildman–Crippen LogP) is 4.77. The summed E-state index contributed by atoms with van der Waals surface area (Å²) >= 11 is 0. The second-order valence-corrected chi connectivity index (χ2v) is 10.8. The van der Waals surface area contributed by atoms with Gasteiger partial charge in [0, 0.05) is 38.5 Å². The van der Waals surface area contributed by atoms with Gasteiger partial charge in [-0.2, -0.15) is 0 Å². The van der Waals surface area contributed by atoms with E-state index in [4.69, 9.17) is 0 Å². The fourth-order valence-corrected chi connectivity index (χ4v) is 6.05. The average Bonchev–Trinajstić information content (AvgIpc) is 2.96. The third-order valence-corrected chi connectivity index (χ3v) is 8.12. The van der Waals surface area contributed by atoms with Gasteiger partial charge in [-0.15, -0.1) is 0 Å². The summed E-state index contributed by atoms with van der Waals surface area (Å²) in [6.07, 6.45) is 9.90. The van der Waals surface area contributed by atoms with Crippen molar-refractivity contribution in [1.82, 2.24) is 15.1 Å². The van der Waals surface area contributed by atoms with Gasteiger partial charge >= 0.3 is 0 Å². The fourth-order valence-electron chi connectivity index (χ4n) is 6.05. The molecule has 0 aromatic heterocycles. The van der Waals surface area contributed by atoms with Gasteiger partial charge in [0.1, 0.15) is 0 Å². The van der Waals surface area contributed by atoms with E-state index in [0.717, 1.165) is 31.4 Å². The molecule has 38 heavy (non-hydrogen) atoms. The van der Waals surface area contributed by atoms with Crippen molar-refractivity contribution in [2.75, 3.05) is 26.2 Å². The average molecular weight is 518 g/mol. The van der Waals surface area contributed by atoms with Gasteiger partial charge in [-0.3, -0.25) is 14.4 Å². The Hall–Kier alpha value is -3.15. The molecular formula is C32H43N3O3. The van der Waals surface area contributed by atoms with Crippen LogP contribution in [0.4, 0.5) is 0 Å². The van der Waals surface area contributed by atoms with Crippen molar-refractivity contribution in [3.8, 4) is 0 Å². The summed E-state index contributed by atoms with van der Waals surface area (Å²) in [4.78, 5) is 42.8. The molecule has 0 bridgehead atoms. The smallest absolute Gasteiger partial charge is 0.239 e. The maximum Gasteiger partial charge on any atom is 0.239 e. The highest BCUT2D eigenvalue weighted by atomic mass is 16.2. The van der Waals surface area contributed by atoms with Gasteiger partial charge in [0.25, 0.3) is 0 Å². The molecule has 204 valence electrons. The number of fused-ring (bicyclic) bond motifs is 1. The highest BCUT2D eigenvalue weighted by Gasteiger charge is 2.35. The van der Waals surface area contributed by atoms with Gasteiger partial charge in [0.05, 0.1) is 6.54 Å². The van der Waals surface area contributed by atoms with Gasteiger partial charge in [0.2, 0.25) is 17.7 Å². The Bertz CT molecular complexity index is 1020. The highest BCUT2D eigenvalue weighted by Crippen LogP contribution is 2.35. The van der Waals surface area contributed by atoms with Crippen LogP contribution in [0, 0.1) is 5.92 Å². The number of rotatable bonds is 12. The molecule has 1 heterocycles. The summed E-state index contributed by atoms with van der Waals surface area (Å²) in [6, 6.07) is 20.5. The molecule has 1 saturated carbocycles. The second-order valence-electron chi connectivity index (χ2n) is 10.8. The molecule has 6 heteroatoms. The van der Waals surface area contributed by atoms with Gasteiger partial charge in [0.15, 0.2) is 0 Å². The first kappa shape index (κ1) is 27.9. The molecule has 2 aromatic carbocycles. The molecule has 4 rings (SSSR count). The van der Waals surface area contributed by atoms with Crippen LogP contribution >= 0.6 is 0 Å². The number of piperidine rings is 1. The summed E-state index contributed by atoms with van der Waals surface area (Å²) in [5.74, 6) is 0.664. The number of carbonyl (C=O) groups excluding carboxylic acids is 3. The number of nitrogens with zero attached hydrogens (tertiary/aromatic N) is 2. The summed E-state index contributed by atoms with van der Waals surface area (Å²) in [5, 5.41) is 2.96. The van der Waals surface area contributed by atoms with Crippen LogP contribution in [0.5, 0.6) is 0 Å². The lowest BCUT2D eigenvalue weighted by atomic mass is 9.78. The first-order valence-electron chi connectivity index (χ1n) is 14.5. The standard InChI is InChI=1S/C32H43N3O3/c36-30(33-22-20-26-11-3-1-4-12-26)25-34(24-21-27-13-5-2-6-14-27)31(37)18-9-19-32(38)35-23-10-16-28-15-7-8-17-29(28)35/h1-6,11-14,28-29H,7-10,15-25H2,(H,33,36). The summed E-state index contributed by atoms with van der Waals surface area (Å²) < 4.78 is 0. The fraction of sp³-hybridized carbons (Fsp3) is 0.531. The number of nitrogens with one attached hydrogen (secondary N) is 1. The SMILES string of the molecule is O=C(CN(CCc1ccccc1)C(=O)CCCC(=O)N1CCCC2CCCCC21)NCCc1ccccc1. The molecule has 1 N–H and O–H groups in total. The first-order valence-corrected chi connectivity index (χ1v) is 14.5. The molecule has 6 nitrogen and oxygen atoms in total. The Balaban J connectivity index is 1.26. The normalized spacial score (nSPS) is 18.9. The van der Waals surface area contributed by atoms with Crippen LogP contribution in [0.3, 0.4) is 0 Å². The minimum atomic E-state index is -0.143. The summed E-state index contributed by atoms with van der Waals surface area (Å²) in [7, 11) is 0. The number of likely N-dealkylation sites (tertiary alicyclic amines) is 1. The van der Waals surface area contributed by atoms with Crippen LogP contribution in [0.2, 0.25) is 0 Å². The van der Waals surface area contributed by atoms with Crippen LogP contribution in [0.15, 0.2) is 60.7 Å². The van der Waals surface area contributed by atoms with E-state index in [9.17, 15) is 14.4 Å². The lowest BCUT2D eigenvalue weighted by Crippen LogP contribution is -2.49. The Morgan fingerprint density at radius 2 is 1.47 bits per heavy atom. The molecule has 1 saturated heterocycles. The van der Waals surface area contributed by atoms with E-state index in [1.165, 1.54) is 31.2 Å². The van der Waals surface area contributed by atoms with Gasteiger partial charge in [-0.1, -0.05) is 73.5 Å². The number of benzene rings is 2. The molecule has 3 amide bonds. The third kappa shape index (κ3) is 8.44. The lowest BCUT2D eigenvalue weighted by molar-refractivity contribution is -0.138. The number of amides is 3. The monoisotopic (exact) mass is 517 g/mol. The van der Waals surface area contributed by atoms with Gasteiger partial charge < -0.3 is 15.1 Å². The molecule has 2 atom stereocenters. The highest BCUT2D eigenvalue weighted by molar-refractivity contribution is 5.85. The molecule has 2 aromatic rings. The van der Waals surface area contributed by atoms with E-state index in [2.05, 4.69) is 10.2 Å². The van der Waals surface area contributed by atoms with Crippen LogP contribution < -0.4 is 5.32 Å². The number of hydrogen-bond acceptors (Lipinski definition) is 3. The van der Waals surface area contributed by atoms with Crippen molar-refractivity contribution in [3.63, 3.8) is 0 Å². The lowest BCUT2D eigenvalue weighted by Gasteiger charge is -2.44. The quantitative estimate of drug-likeness (QED) is 0.441. The Morgan fingerprint density at radius 3 is 2.21 bits per heavy atom. The molecule has 1 aliphatic carbocycles. The van der Waals surface area contributed by atoms with Crippen LogP contribution in [0.25, 0.3) is 0 Å². The van der Waals surface area contributed by atoms with E-state index < -0.39 is 0 Å². The van der Waals surface area contributed by atoms with Crippen molar-refractivity contribution >= 4 is 17.7 Å². The van der Waals surface area contributed by atoms with Crippen LogP contribution in [-0.4, -0.2) is 59.7 Å². The zero-order valence-electron chi connectivity index (χ0n) is 22.7. The molecule has 2 fully saturated rings. The van der Waals surface area contributed by atoms with Crippen molar-refractivity contribution in [2.24, 2.45) is 5.92 Å². The minimum absolute atomic E-state index is 0.0459. The van der Waals surface area contributed by atoms with E-state index in [-0.39, 0.29) is 24.3 Å². The van der Waals surface area contributed by atoms with Crippen molar-refractivity contribution in [3.05, 3.63) is 71.8 Å². The van der Waals surface area contributed by atoms with E-state index >= 15 is 0 Å². The maximum atomic E-state index is 13.2. The minimum Gasteiger partial charge on any atom is -0.354 e. The molecule has 1 aliphatic heterocycles. The second kappa shape index (κ2) is 14.7. The zero-order valence-corrected chi connectivity index (χ0v) is 22.7. The first-order chi connectivity index (χ1) is 18.6. The van der Waals surface area contributed by atoms with Crippen molar-refractivity contribution in [1.29, 1.82) is 0 Å². The predicted molar refractivity (Wildman–Crippen MR) is 150 cm³/mol. The van der Waals surface area contributed by atoms with E-state index in [1.807, 2.05) is 60.7 Å². The Labute approximate surface area is 227 Å². The molecular weight excluding hydrogens is 474 g/mol. The van der Waals surface area contributed by atoms with Crippen molar-refractivity contribution in [2.45, 2.75) is 76.7 Å². The number of hydrogen-bond donors (Lipinski definition) is 1. The van der Waals surface area contributed by atoms with Gasteiger partial charge in [-0.25, -0.2) is 0 Å². The zero-order chi connectivity index (χ0) is 26.6. The Kier molecular flexibility index (Phi) is 10.8. The molecule has 0 radical (unpaired) electrons. The largest absolute Gasteiger partial charge is 0.354 e. The van der Waals surface area contributed by atoms with Gasteiger partial charge in [-0.05, 0) is 62.0 Å². The summed E-state index contributed by atoms with van der Waals surface area (Å²) in [5.41, 5.74) is 2.31. The molecule has 2 unspecified atom stereocenters. The van der Waals surface area contributed by atoms with E-state index in [0.29, 0.717) is 50.7 Å². The third-order valence-electron chi connectivity index (χ3n) is 8.12. The molecule has 0 spiro atoms. The topological polar surface area (TPSA) is 69.7 Å². The van der Waals surface area contributed by atoms with E-state index in [1.54, 1.807) is 4.90 Å². The maximum absolute atomic E-state index is 13.2. The van der Waals surface area contributed by atoms with Crippen LogP contribution in [-0.2, 0) is 27.2 Å².